The molecular weight excluding hydrogens is 204 g/mol. The molecule has 1 amide bonds. The van der Waals surface area contributed by atoms with Gasteiger partial charge >= 0.3 is 0 Å². The van der Waals surface area contributed by atoms with Crippen molar-refractivity contribution < 1.29 is 4.79 Å². The summed E-state index contributed by atoms with van der Waals surface area (Å²) in [6.45, 7) is 6.91. The number of rotatable bonds is 1. The number of nitrogens with zero attached hydrogens (tertiary/aromatic N) is 2. The lowest BCUT2D eigenvalue weighted by atomic mass is 10.1. The fourth-order valence-electron chi connectivity index (χ4n) is 2.01. The van der Waals surface area contributed by atoms with Crippen LogP contribution in [0.15, 0.2) is 0 Å². The standard InChI is InChI=1S/C11H18N4O/c1-11(2,3)15-9(10(12)16)8-7(14-15)5-4-6-13-8/h13H,4-6H2,1-3H3,(H2,12,16). The van der Waals surface area contributed by atoms with E-state index in [1.807, 2.05) is 20.8 Å². The van der Waals surface area contributed by atoms with Crippen molar-refractivity contribution in [3.05, 3.63) is 11.4 Å². The molecule has 0 atom stereocenters. The Bertz CT molecular complexity index is 428. The third kappa shape index (κ3) is 1.66. The van der Waals surface area contributed by atoms with Crippen molar-refractivity contribution in [1.82, 2.24) is 9.78 Å². The summed E-state index contributed by atoms with van der Waals surface area (Å²) in [5, 5.41) is 7.72. The number of amides is 1. The van der Waals surface area contributed by atoms with Gasteiger partial charge in [0.25, 0.3) is 5.91 Å². The van der Waals surface area contributed by atoms with Crippen LogP contribution in [0.1, 0.15) is 43.4 Å². The van der Waals surface area contributed by atoms with Crippen LogP contribution in [0.5, 0.6) is 0 Å². The predicted molar refractivity (Wildman–Crippen MR) is 62.6 cm³/mol. The quantitative estimate of drug-likeness (QED) is 0.747. The molecule has 88 valence electrons. The molecule has 5 nitrogen and oxygen atoms in total. The molecule has 2 rings (SSSR count). The van der Waals surface area contributed by atoms with E-state index in [0.717, 1.165) is 30.8 Å². The first kappa shape index (κ1) is 11.0. The molecule has 0 saturated heterocycles. The SMILES string of the molecule is CC(C)(C)n1nc2c(c1C(N)=O)NCCC2. The Labute approximate surface area is 95.0 Å². The maximum absolute atomic E-state index is 11.5. The van der Waals surface area contributed by atoms with E-state index < -0.39 is 5.91 Å². The Balaban J connectivity index is 2.61. The van der Waals surface area contributed by atoms with Gasteiger partial charge in [-0.25, -0.2) is 0 Å². The minimum Gasteiger partial charge on any atom is -0.382 e. The summed E-state index contributed by atoms with van der Waals surface area (Å²) >= 11 is 0. The van der Waals surface area contributed by atoms with Gasteiger partial charge in [0.05, 0.1) is 16.9 Å². The number of aryl methyl sites for hydroxylation is 1. The molecule has 0 radical (unpaired) electrons. The van der Waals surface area contributed by atoms with E-state index in [0.29, 0.717) is 5.69 Å². The first-order valence-corrected chi connectivity index (χ1v) is 5.57. The number of hydrogen-bond donors (Lipinski definition) is 2. The van der Waals surface area contributed by atoms with E-state index >= 15 is 0 Å². The van der Waals surface area contributed by atoms with Crippen LogP contribution >= 0.6 is 0 Å². The zero-order valence-corrected chi connectivity index (χ0v) is 10.0. The van der Waals surface area contributed by atoms with Crippen molar-refractivity contribution >= 4 is 11.6 Å². The van der Waals surface area contributed by atoms with Gasteiger partial charge in [-0.15, -0.1) is 0 Å². The van der Waals surface area contributed by atoms with Crippen molar-refractivity contribution in [2.45, 2.75) is 39.2 Å². The van der Waals surface area contributed by atoms with Gasteiger partial charge in [0, 0.05) is 6.54 Å². The van der Waals surface area contributed by atoms with Gasteiger partial charge in [-0.2, -0.15) is 5.10 Å². The fourth-order valence-corrected chi connectivity index (χ4v) is 2.01. The molecule has 0 unspecified atom stereocenters. The van der Waals surface area contributed by atoms with E-state index in [1.54, 1.807) is 4.68 Å². The molecule has 16 heavy (non-hydrogen) atoms. The van der Waals surface area contributed by atoms with Crippen molar-refractivity contribution in [3.63, 3.8) is 0 Å². The summed E-state index contributed by atoms with van der Waals surface area (Å²) in [5.74, 6) is -0.418. The highest BCUT2D eigenvalue weighted by Crippen LogP contribution is 2.29. The average Bonchev–Trinajstić information content (AvgIpc) is 2.55. The molecule has 5 heteroatoms. The van der Waals surface area contributed by atoms with Crippen LogP contribution in [-0.2, 0) is 12.0 Å². The lowest BCUT2D eigenvalue weighted by Gasteiger charge is -2.21. The predicted octanol–water partition coefficient (Wildman–Crippen LogP) is 1.10. The van der Waals surface area contributed by atoms with Gasteiger partial charge in [-0.05, 0) is 33.6 Å². The molecule has 1 aromatic heterocycles. The van der Waals surface area contributed by atoms with E-state index in [2.05, 4.69) is 10.4 Å². The molecule has 1 aromatic rings. The van der Waals surface area contributed by atoms with E-state index in [1.165, 1.54) is 0 Å². The van der Waals surface area contributed by atoms with Crippen LogP contribution in [0.2, 0.25) is 0 Å². The summed E-state index contributed by atoms with van der Waals surface area (Å²) in [6.07, 6.45) is 1.96. The number of hydrogen-bond acceptors (Lipinski definition) is 3. The first-order valence-electron chi connectivity index (χ1n) is 5.57. The zero-order chi connectivity index (χ0) is 11.9. The second-order valence-electron chi connectivity index (χ2n) is 5.15. The number of carbonyl (C=O) groups is 1. The number of carbonyl (C=O) groups excluding carboxylic acids is 1. The third-order valence-corrected chi connectivity index (χ3v) is 2.72. The van der Waals surface area contributed by atoms with Gasteiger partial charge in [-0.3, -0.25) is 9.48 Å². The highest BCUT2D eigenvalue weighted by atomic mass is 16.1. The Hall–Kier alpha value is -1.52. The molecule has 0 saturated carbocycles. The molecular formula is C11H18N4O. The Kier molecular flexibility index (Phi) is 2.40. The first-order chi connectivity index (χ1) is 7.41. The molecule has 0 aromatic carbocycles. The van der Waals surface area contributed by atoms with Crippen LogP contribution < -0.4 is 11.1 Å². The van der Waals surface area contributed by atoms with Crippen molar-refractivity contribution in [2.24, 2.45) is 5.73 Å². The van der Waals surface area contributed by atoms with Crippen molar-refractivity contribution in [3.8, 4) is 0 Å². The molecule has 1 aliphatic heterocycles. The molecule has 0 fully saturated rings. The van der Waals surface area contributed by atoms with Gasteiger partial charge in [0.2, 0.25) is 0 Å². The normalized spacial score (nSPS) is 15.4. The monoisotopic (exact) mass is 222 g/mol. The van der Waals surface area contributed by atoms with Gasteiger partial charge in [0.1, 0.15) is 5.69 Å². The Morgan fingerprint density at radius 3 is 2.75 bits per heavy atom. The number of nitrogens with two attached hydrogens (primary N) is 1. The average molecular weight is 222 g/mol. The number of primary amides is 1. The van der Waals surface area contributed by atoms with Gasteiger partial charge < -0.3 is 11.1 Å². The molecule has 2 heterocycles. The third-order valence-electron chi connectivity index (χ3n) is 2.72. The van der Waals surface area contributed by atoms with Crippen molar-refractivity contribution in [2.75, 3.05) is 11.9 Å². The summed E-state index contributed by atoms with van der Waals surface area (Å²) in [6, 6.07) is 0. The number of anilines is 1. The molecule has 0 aliphatic carbocycles. The lowest BCUT2D eigenvalue weighted by molar-refractivity contribution is 0.0983. The lowest BCUT2D eigenvalue weighted by Crippen LogP contribution is -2.30. The molecule has 1 aliphatic rings. The van der Waals surface area contributed by atoms with Crippen LogP contribution in [0, 0.1) is 0 Å². The van der Waals surface area contributed by atoms with Crippen LogP contribution in [-0.4, -0.2) is 22.2 Å². The second kappa shape index (κ2) is 3.50. The fraction of sp³-hybridized carbons (Fsp3) is 0.636. The second-order valence-corrected chi connectivity index (χ2v) is 5.15. The summed E-state index contributed by atoms with van der Waals surface area (Å²) in [5.41, 5.74) is 7.49. The number of aromatic nitrogens is 2. The minimum absolute atomic E-state index is 0.233. The highest BCUT2D eigenvalue weighted by Gasteiger charge is 2.28. The van der Waals surface area contributed by atoms with Crippen LogP contribution in [0.25, 0.3) is 0 Å². The molecule has 0 bridgehead atoms. The highest BCUT2D eigenvalue weighted by molar-refractivity contribution is 5.97. The summed E-state index contributed by atoms with van der Waals surface area (Å²) < 4.78 is 1.73. The Morgan fingerprint density at radius 1 is 1.50 bits per heavy atom. The maximum atomic E-state index is 11.5. The minimum atomic E-state index is -0.418. The van der Waals surface area contributed by atoms with Crippen LogP contribution in [0.3, 0.4) is 0 Å². The van der Waals surface area contributed by atoms with Crippen molar-refractivity contribution in [1.29, 1.82) is 0 Å². The van der Waals surface area contributed by atoms with Gasteiger partial charge in [-0.1, -0.05) is 0 Å². The largest absolute Gasteiger partial charge is 0.382 e. The number of nitrogens with one attached hydrogen (secondary N) is 1. The molecule has 0 spiro atoms. The topological polar surface area (TPSA) is 72.9 Å². The van der Waals surface area contributed by atoms with Crippen LogP contribution in [0.4, 0.5) is 5.69 Å². The smallest absolute Gasteiger partial charge is 0.269 e. The zero-order valence-electron chi connectivity index (χ0n) is 10.0. The summed E-state index contributed by atoms with van der Waals surface area (Å²) in [4.78, 5) is 11.5. The van der Waals surface area contributed by atoms with E-state index in [4.69, 9.17) is 5.73 Å². The van der Waals surface area contributed by atoms with E-state index in [-0.39, 0.29) is 5.54 Å². The summed E-state index contributed by atoms with van der Waals surface area (Å²) in [7, 11) is 0. The van der Waals surface area contributed by atoms with E-state index in [9.17, 15) is 4.79 Å². The Morgan fingerprint density at radius 2 is 2.19 bits per heavy atom. The number of fused-ring (bicyclic) bond motifs is 1. The molecule has 3 N–H and O–H groups in total. The van der Waals surface area contributed by atoms with Gasteiger partial charge in [0.15, 0.2) is 0 Å². The maximum Gasteiger partial charge on any atom is 0.269 e.